The van der Waals surface area contributed by atoms with Gasteiger partial charge in [-0.2, -0.15) is 0 Å². The van der Waals surface area contributed by atoms with Crippen molar-refractivity contribution in [3.8, 4) is 11.5 Å². The first kappa shape index (κ1) is 15.2. The maximum atomic E-state index is 6.27. The van der Waals surface area contributed by atoms with Gasteiger partial charge >= 0.3 is 0 Å². The summed E-state index contributed by atoms with van der Waals surface area (Å²) in [6.45, 7) is 6.15. The molecule has 0 aliphatic carbocycles. The van der Waals surface area contributed by atoms with Gasteiger partial charge in [0.25, 0.3) is 0 Å². The average Bonchev–Trinajstić information content (AvgIpc) is 2.53. The van der Waals surface area contributed by atoms with Crippen molar-refractivity contribution in [2.24, 2.45) is 0 Å². The minimum absolute atomic E-state index is 0.271. The Balaban J connectivity index is 1.71. The van der Waals surface area contributed by atoms with E-state index in [0.29, 0.717) is 24.0 Å². The molecule has 0 radical (unpaired) electrons. The summed E-state index contributed by atoms with van der Waals surface area (Å²) in [5.74, 6) is 1.39. The van der Waals surface area contributed by atoms with Crippen LogP contribution in [0.5, 0.6) is 11.5 Å². The molecule has 1 atom stereocenters. The molecule has 0 bridgehead atoms. The fourth-order valence-electron chi connectivity index (χ4n) is 2.72. The van der Waals surface area contributed by atoms with E-state index in [1.807, 2.05) is 12.1 Å². The zero-order valence-electron chi connectivity index (χ0n) is 12.9. The smallest absolute Gasteiger partial charge is 0.179 e. The van der Waals surface area contributed by atoms with E-state index in [1.54, 1.807) is 0 Å². The molecule has 1 N–H and O–H groups in total. The molecule has 0 spiro atoms. The van der Waals surface area contributed by atoms with E-state index in [1.165, 1.54) is 11.1 Å². The summed E-state index contributed by atoms with van der Waals surface area (Å²) in [5, 5.41) is 4.14. The van der Waals surface area contributed by atoms with Gasteiger partial charge in [0, 0.05) is 12.6 Å². The van der Waals surface area contributed by atoms with Crippen molar-refractivity contribution in [2.75, 3.05) is 13.2 Å². The van der Waals surface area contributed by atoms with Gasteiger partial charge in [-0.1, -0.05) is 35.9 Å². The Labute approximate surface area is 136 Å². The van der Waals surface area contributed by atoms with Gasteiger partial charge in [0.1, 0.15) is 13.2 Å². The molecule has 2 aromatic rings. The first-order valence-corrected chi connectivity index (χ1v) is 7.90. The number of ether oxygens (including phenoxy) is 2. The molecule has 0 aromatic heterocycles. The van der Waals surface area contributed by atoms with E-state index in [2.05, 4.69) is 43.4 Å². The molecule has 1 aliphatic rings. The van der Waals surface area contributed by atoms with E-state index in [4.69, 9.17) is 21.1 Å². The summed E-state index contributed by atoms with van der Waals surface area (Å²) >= 11 is 6.27. The standard InChI is InChI=1S/C18H20ClNO2/c1-12-5-3-4-6-15(12)13(2)20-11-14-9-16(19)18-17(10-14)21-7-8-22-18/h3-6,9-10,13,20H,7-8,11H2,1-2H3. The van der Waals surface area contributed by atoms with Gasteiger partial charge < -0.3 is 14.8 Å². The summed E-state index contributed by atoms with van der Waals surface area (Å²) < 4.78 is 11.2. The molecule has 1 aliphatic heterocycles. The van der Waals surface area contributed by atoms with Gasteiger partial charge in [-0.05, 0) is 42.7 Å². The van der Waals surface area contributed by atoms with E-state index < -0.39 is 0 Å². The zero-order chi connectivity index (χ0) is 15.5. The van der Waals surface area contributed by atoms with Crippen molar-refractivity contribution >= 4 is 11.6 Å². The van der Waals surface area contributed by atoms with Crippen LogP contribution < -0.4 is 14.8 Å². The molecule has 2 aromatic carbocycles. The fraction of sp³-hybridized carbons (Fsp3) is 0.333. The van der Waals surface area contributed by atoms with Crippen LogP contribution in [0, 0.1) is 6.92 Å². The first-order valence-electron chi connectivity index (χ1n) is 7.52. The van der Waals surface area contributed by atoms with Gasteiger partial charge in [-0.15, -0.1) is 0 Å². The molecule has 0 fully saturated rings. The molecular weight excluding hydrogens is 298 g/mol. The van der Waals surface area contributed by atoms with Crippen molar-refractivity contribution in [3.63, 3.8) is 0 Å². The predicted octanol–water partition coefficient (Wildman–Crippen LogP) is 4.27. The van der Waals surface area contributed by atoms with Gasteiger partial charge in [-0.3, -0.25) is 0 Å². The molecule has 4 heteroatoms. The lowest BCUT2D eigenvalue weighted by Crippen LogP contribution is -2.20. The third-order valence-corrected chi connectivity index (χ3v) is 4.20. The maximum absolute atomic E-state index is 6.27. The number of rotatable bonds is 4. The van der Waals surface area contributed by atoms with Gasteiger partial charge in [0.05, 0.1) is 5.02 Å². The van der Waals surface area contributed by atoms with Crippen molar-refractivity contribution in [1.82, 2.24) is 5.32 Å². The second-order valence-corrected chi connectivity index (χ2v) is 5.97. The highest BCUT2D eigenvalue weighted by molar-refractivity contribution is 6.32. The summed E-state index contributed by atoms with van der Waals surface area (Å²) in [6, 6.07) is 12.6. The molecule has 0 saturated carbocycles. The third kappa shape index (κ3) is 3.21. The van der Waals surface area contributed by atoms with E-state index in [-0.39, 0.29) is 6.04 Å². The number of hydrogen-bond acceptors (Lipinski definition) is 3. The Hall–Kier alpha value is -1.71. The van der Waals surface area contributed by atoms with E-state index in [0.717, 1.165) is 17.9 Å². The monoisotopic (exact) mass is 317 g/mol. The zero-order valence-corrected chi connectivity index (χ0v) is 13.6. The molecule has 1 unspecified atom stereocenters. The van der Waals surface area contributed by atoms with Crippen molar-refractivity contribution in [1.29, 1.82) is 0 Å². The molecule has 1 heterocycles. The van der Waals surface area contributed by atoms with Crippen molar-refractivity contribution in [2.45, 2.75) is 26.4 Å². The largest absolute Gasteiger partial charge is 0.486 e. The normalized spacial score (nSPS) is 14.7. The number of nitrogens with one attached hydrogen (secondary N) is 1. The lowest BCUT2D eigenvalue weighted by atomic mass is 10.0. The molecular formula is C18H20ClNO2. The Kier molecular flexibility index (Phi) is 4.55. The topological polar surface area (TPSA) is 30.5 Å². The molecule has 22 heavy (non-hydrogen) atoms. The van der Waals surface area contributed by atoms with Crippen LogP contribution in [0.25, 0.3) is 0 Å². The summed E-state index contributed by atoms with van der Waals surface area (Å²) in [6.07, 6.45) is 0. The number of halogens is 1. The summed E-state index contributed by atoms with van der Waals surface area (Å²) in [5.41, 5.74) is 3.70. The Morgan fingerprint density at radius 2 is 1.95 bits per heavy atom. The second-order valence-electron chi connectivity index (χ2n) is 5.56. The minimum atomic E-state index is 0.271. The fourth-order valence-corrected chi connectivity index (χ4v) is 3.01. The lowest BCUT2D eigenvalue weighted by Gasteiger charge is -2.21. The van der Waals surface area contributed by atoms with Gasteiger partial charge in [0.15, 0.2) is 11.5 Å². The summed E-state index contributed by atoms with van der Waals surface area (Å²) in [7, 11) is 0. The second kappa shape index (κ2) is 6.59. The highest BCUT2D eigenvalue weighted by atomic mass is 35.5. The Morgan fingerprint density at radius 3 is 2.77 bits per heavy atom. The van der Waals surface area contributed by atoms with Crippen molar-refractivity contribution in [3.05, 3.63) is 58.1 Å². The van der Waals surface area contributed by atoms with Crippen LogP contribution in [0.4, 0.5) is 0 Å². The van der Waals surface area contributed by atoms with Crippen LogP contribution in [-0.4, -0.2) is 13.2 Å². The van der Waals surface area contributed by atoms with E-state index in [9.17, 15) is 0 Å². The molecule has 116 valence electrons. The van der Waals surface area contributed by atoms with Crippen LogP contribution in [-0.2, 0) is 6.54 Å². The van der Waals surface area contributed by atoms with Crippen LogP contribution in [0.2, 0.25) is 5.02 Å². The predicted molar refractivity (Wildman–Crippen MR) is 88.9 cm³/mol. The van der Waals surface area contributed by atoms with E-state index >= 15 is 0 Å². The van der Waals surface area contributed by atoms with Crippen molar-refractivity contribution < 1.29 is 9.47 Å². The van der Waals surface area contributed by atoms with Crippen LogP contribution in [0.3, 0.4) is 0 Å². The van der Waals surface area contributed by atoms with Crippen LogP contribution in [0.1, 0.15) is 29.7 Å². The number of aryl methyl sites for hydroxylation is 1. The molecule has 3 rings (SSSR count). The Morgan fingerprint density at radius 1 is 1.18 bits per heavy atom. The lowest BCUT2D eigenvalue weighted by molar-refractivity contribution is 0.171. The van der Waals surface area contributed by atoms with Gasteiger partial charge in [0.2, 0.25) is 0 Å². The molecule has 3 nitrogen and oxygen atoms in total. The summed E-state index contributed by atoms with van der Waals surface area (Å²) in [4.78, 5) is 0. The average molecular weight is 318 g/mol. The number of benzene rings is 2. The van der Waals surface area contributed by atoms with Crippen LogP contribution in [0.15, 0.2) is 36.4 Å². The number of hydrogen-bond donors (Lipinski definition) is 1. The van der Waals surface area contributed by atoms with Crippen LogP contribution >= 0.6 is 11.6 Å². The molecule has 0 saturated heterocycles. The highest BCUT2D eigenvalue weighted by Crippen LogP contribution is 2.38. The first-order chi connectivity index (χ1) is 10.6. The number of fused-ring (bicyclic) bond motifs is 1. The maximum Gasteiger partial charge on any atom is 0.179 e. The quantitative estimate of drug-likeness (QED) is 0.913. The molecule has 0 amide bonds. The SMILES string of the molecule is Cc1ccccc1C(C)NCc1cc(Cl)c2c(c1)OCCO2. The van der Waals surface area contributed by atoms with Gasteiger partial charge in [-0.25, -0.2) is 0 Å². The highest BCUT2D eigenvalue weighted by Gasteiger charge is 2.17. The third-order valence-electron chi connectivity index (χ3n) is 3.92. The Bertz CT molecular complexity index is 672. The minimum Gasteiger partial charge on any atom is -0.486 e.